The van der Waals surface area contributed by atoms with Gasteiger partial charge in [-0.2, -0.15) is 0 Å². The van der Waals surface area contributed by atoms with Crippen LogP contribution in [0.1, 0.15) is 18.1 Å². The van der Waals surface area contributed by atoms with Crippen LogP contribution in [0.15, 0.2) is 18.2 Å². The second-order valence-corrected chi connectivity index (χ2v) is 3.98. The van der Waals surface area contributed by atoms with E-state index < -0.39 is 12.2 Å². The highest BCUT2D eigenvalue weighted by atomic mass is 35.5. The number of ether oxygens (including phenoxy) is 2. The maximum Gasteiger partial charge on any atom is 0.128 e. The van der Waals surface area contributed by atoms with Gasteiger partial charge in [0.25, 0.3) is 0 Å². The Labute approximate surface area is 106 Å². The van der Waals surface area contributed by atoms with Gasteiger partial charge in [0.2, 0.25) is 0 Å². The number of benzene rings is 1. The van der Waals surface area contributed by atoms with Crippen molar-refractivity contribution in [3.63, 3.8) is 0 Å². The molecule has 0 heterocycles. The molecule has 96 valence electrons. The summed E-state index contributed by atoms with van der Waals surface area (Å²) in [6, 6.07) is 5.03. The number of aliphatic hydroxyl groups excluding tert-OH is 2. The maximum absolute atomic E-state index is 9.97. The van der Waals surface area contributed by atoms with Gasteiger partial charge in [-0.15, -0.1) is 11.6 Å². The SMILES string of the molecule is COc1ccc(C(O)C(O)CCCl)c(OC)c1. The van der Waals surface area contributed by atoms with E-state index in [4.69, 9.17) is 21.1 Å². The van der Waals surface area contributed by atoms with Crippen LogP contribution in [0, 0.1) is 0 Å². The topological polar surface area (TPSA) is 58.9 Å². The summed E-state index contributed by atoms with van der Waals surface area (Å²) in [6.07, 6.45) is -1.61. The number of aliphatic hydroxyl groups is 2. The van der Waals surface area contributed by atoms with E-state index in [1.807, 2.05) is 0 Å². The first-order valence-electron chi connectivity index (χ1n) is 5.28. The number of methoxy groups -OCH3 is 2. The first-order chi connectivity index (χ1) is 8.13. The minimum atomic E-state index is -1.02. The van der Waals surface area contributed by atoms with E-state index in [0.717, 1.165) is 0 Å². The molecule has 0 amide bonds. The second-order valence-electron chi connectivity index (χ2n) is 3.60. The number of rotatable bonds is 6. The fraction of sp³-hybridized carbons (Fsp3) is 0.500. The molecule has 2 N–H and O–H groups in total. The molecule has 0 aliphatic heterocycles. The van der Waals surface area contributed by atoms with E-state index >= 15 is 0 Å². The summed E-state index contributed by atoms with van der Waals surface area (Å²) in [5, 5.41) is 19.7. The van der Waals surface area contributed by atoms with Gasteiger partial charge in [-0.1, -0.05) is 0 Å². The van der Waals surface area contributed by atoms with Crippen molar-refractivity contribution in [3.05, 3.63) is 23.8 Å². The van der Waals surface area contributed by atoms with Gasteiger partial charge in [0.1, 0.15) is 17.6 Å². The fourth-order valence-electron chi connectivity index (χ4n) is 1.54. The predicted octanol–water partition coefficient (Wildman–Crippen LogP) is 1.73. The zero-order valence-electron chi connectivity index (χ0n) is 9.89. The molecular formula is C12H17ClO4. The molecule has 5 heteroatoms. The van der Waals surface area contributed by atoms with Crippen LogP contribution in [0.25, 0.3) is 0 Å². The minimum absolute atomic E-state index is 0.288. The average molecular weight is 261 g/mol. The molecule has 2 atom stereocenters. The summed E-state index contributed by atoms with van der Waals surface area (Å²) in [6.45, 7) is 0. The third kappa shape index (κ3) is 3.49. The van der Waals surface area contributed by atoms with Crippen molar-refractivity contribution in [3.8, 4) is 11.5 Å². The lowest BCUT2D eigenvalue weighted by molar-refractivity contribution is 0.0156. The molecule has 2 unspecified atom stereocenters. The van der Waals surface area contributed by atoms with Crippen molar-refractivity contribution in [2.45, 2.75) is 18.6 Å². The molecule has 0 aliphatic carbocycles. The molecule has 0 saturated heterocycles. The summed E-state index contributed by atoms with van der Waals surface area (Å²) in [7, 11) is 3.05. The molecule has 0 aromatic heterocycles. The molecule has 1 aromatic rings. The van der Waals surface area contributed by atoms with Crippen LogP contribution in [-0.2, 0) is 0 Å². The number of alkyl halides is 1. The van der Waals surface area contributed by atoms with Gasteiger partial charge >= 0.3 is 0 Å². The molecular weight excluding hydrogens is 244 g/mol. The predicted molar refractivity (Wildman–Crippen MR) is 65.8 cm³/mol. The van der Waals surface area contributed by atoms with Crippen LogP contribution in [0.5, 0.6) is 11.5 Å². The molecule has 0 aliphatic rings. The van der Waals surface area contributed by atoms with Crippen LogP contribution in [-0.4, -0.2) is 36.4 Å². The Morgan fingerprint density at radius 3 is 2.47 bits per heavy atom. The van der Waals surface area contributed by atoms with Crippen LogP contribution in [0.4, 0.5) is 0 Å². The van der Waals surface area contributed by atoms with E-state index in [9.17, 15) is 10.2 Å². The molecule has 0 fully saturated rings. The van der Waals surface area contributed by atoms with Crippen molar-refractivity contribution < 1.29 is 19.7 Å². The number of hydrogen-bond acceptors (Lipinski definition) is 4. The highest BCUT2D eigenvalue weighted by molar-refractivity contribution is 6.17. The normalized spacial score (nSPS) is 14.2. The van der Waals surface area contributed by atoms with E-state index in [0.29, 0.717) is 23.5 Å². The highest BCUT2D eigenvalue weighted by Crippen LogP contribution is 2.31. The van der Waals surface area contributed by atoms with Gasteiger partial charge in [0, 0.05) is 17.5 Å². The largest absolute Gasteiger partial charge is 0.497 e. The molecule has 0 saturated carbocycles. The molecule has 1 aromatic carbocycles. The monoisotopic (exact) mass is 260 g/mol. The van der Waals surface area contributed by atoms with Crippen LogP contribution in [0.2, 0.25) is 0 Å². The molecule has 0 bridgehead atoms. The molecule has 0 radical (unpaired) electrons. The van der Waals surface area contributed by atoms with Gasteiger partial charge in [0.15, 0.2) is 0 Å². The Hall–Kier alpha value is -0.970. The molecule has 4 nitrogen and oxygen atoms in total. The van der Waals surface area contributed by atoms with Crippen molar-refractivity contribution in [1.82, 2.24) is 0 Å². The van der Waals surface area contributed by atoms with E-state index in [1.54, 1.807) is 25.3 Å². The molecule has 0 spiro atoms. The molecule has 1 rings (SSSR count). The van der Waals surface area contributed by atoms with Gasteiger partial charge in [-0.25, -0.2) is 0 Å². The van der Waals surface area contributed by atoms with E-state index in [1.165, 1.54) is 7.11 Å². The Balaban J connectivity index is 2.96. The zero-order chi connectivity index (χ0) is 12.8. The van der Waals surface area contributed by atoms with Gasteiger partial charge in [-0.3, -0.25) is 0 Å². The summed E-state index contributed by atoms with van der Waals surface area (Å²) < 4.78 is 10.2. The van der Waals surface area contributed by atoms with Crippen LogP contribution in [0.3, 0.4) is 0 Å². The van der Waals surface area contributed by atoms with Crippen LogP contribution >= 0.6 is 11.6 Å². The van der Waals surface area contributed by atoms with Crippen molar-refractivity contribution in [2.24, 2.45) is 0 Å². The Kier molecular flexibility index (Phi) is 5.55. The average Bonchev–Trinajstić information content (AvgIpc) is 2.37. The van der Waals surface area contributed by atoms with Crippen molar-refractivity contribution >= 4 is 11.6 Å². The summed E-state index contributed by atoms with van der Waals surface area (Å²) in [5.41, 5.74) is 0.519. The third-order valence-corrected chi connectivity index (χ3v) is 2.75. The Morgan fingerprint density at radius 1 is 1.24 bits per heavy atom. The van der Waals surface area contributed by atoms with Gasteiger partial charge in [0.05, 0.1) is 20.3 Å². The summed E-state index contributed by atoms with van der Waals surface area (Å²) in [4.78, 5) is 0. The van der Waals surface area contributed by atoms with Gasteiger partial charge < -0.3 is 19.7 Å². The summed E-state index contributed by atoms with van der Waals surface area (Å²) >= 11 is 5.53. The zero-order valence-corrected chi connectivity index (χ0v) is 10.6. The quantitative estimate of drug-likeness (QED) is 0.765. The third-order valence-electron chi connectivity index (χ3n) is 2.53. The lowest BCUT2D eigenvalue weighted by Gasteiger charge is -2.20. The maximum atomic E-state index is 9.97. The minimum Gasteiger partial charge on any atom is -0.497 e. The number of halogens is 1. The van der Waals surface area contributed by atoms with E-state index in [-0.39, 0.29) is 5.88 Å². The Bertz CT molecular complexity index is 356. The smallest absolute Gasteiger partial charge is 0.128 e. The highest BCUT2D eigenvalue weighted by Gasteiger charge is 2.21. The number of hydrogen-bond donors (Lipinski definition) is 2. The van der Waals surface area contributed by atoms with Gasteiger partial charge in [-0.05, 0) is 18.6 Å². The lowest BCUT2D eigenvalue weighted by atomic mass is 10.0. The van der Waals surface area contributed by atoms with Crippen molar-refractivity contribution in [2.75, 3.05) is 20.1 Å². The first-order valence-corrected chi connectivity index (χ1v) is 5.81. The summed E-state index contributed by atoms with van der Waals surface area (Å²) in [5.74, 6) is 1.39. The van der Waals surface area contributed by atoms with Crippen molar-refractivity contribution in [1.29, 1.82) is 0 Å². The fourth-order valence-corrected chi connectivity index (χ4v) is 1.76. The van der Waals surface area contributed by atoms with E-state index in [2.05, 4.69) is 0 Å². The lowest BCUT2D eigenvalue weighted by Crippen LogP contribution is -2.19. The first kappa shape index (κ1) is 14.1. The van der Waals surface area contributed by atoms with Crippen LogP contribution < -0.4 is 9.47 Å². The standard InChI is InChI=1S/C12H17ClO4/c1-16-8-3-4-9(11(7-8)17-2)12(15)10(14)5-6-13/h3-4,7,10,12,14-15H,5-6H2,1-2H3. The Morgan fingerprint density at radius 2 is 1.94 bits per heavy atom. The molecule has 17 heavy (non-hydrogen) atoms. The second kappa shape index (κ2) is 6.69.